The van der Waals surface area contributed by atoms with Gasteiger partial charge in [0.05, 0.1) is 24.2 Å². The number of nitrogens with zero attached hydrogens (tertiary/aromatic N) is 2. The number of carbonyl (C=O) groups is 1. The molecule has 0 unspecified atom stereocenters. The molecular weight excluding hydrogens is 442 g/mol. The molecule has 174 valence electrons. The Balaban J connectivity index is 1.85. The monoisotopic (exact) mass is 463 g/mol. The molecule has 6 nitrogen and oxygen atoms in total. The van der Waals surface area contributed by atoms with Crippen molar-refractivity contribution in [2.45, 2.75) is 43.5 Å². The van der Waals surface area contributed by atoms with Crippen LogP contribution in [0.2, 0.25) is 0 Å². The summed E-state index contributed by atoms with van der Waals surface area (Å²) in [6.07, 6.45) is -3.01. The van der Waals surface area contributed by atoms with E-state index in [2.05, 4.69) is 15.3 Å². The maximum Gasteiger partial charge on any atom is 0.419 e. The third-order valence-electron chi connectivity index (χ3n) is 6.02. The minimum Gasteiger partial charge on any atom is -0.493 e. The number of benzene rings is 2. The summed E-state index contributed by atoms with van der Waals surface area (Å²) in [5, 5.41) is 13.3. The molecule has 1 aliphatic rings. The number of nitrogens with one attached hydrogen (secondary N) is 1. The minimum absolute atomic E-state index is 0.0352. The lowest BCUT2D eigenvalue weighted by Gasteiger charge is -2.49. The average Bonchev–Trinajstić information content (AvgIpc) is 2.75. The fraction of sp³-hybridized carbons (Fsp3) is 0.348. The van der Waals surface area contributed by atoms with Crippen molar-refractivity contribution in [3.63, 3.8) is 0 Å². The van der Waals surface area contributed by atoms with Crippen LogP contribution in [-0.2, 0) is 5.41 Å². The number of aliphatic hydroxyl groups is 1. The van der Waals surface area contributed by atoms with Crippen molar-refractivity contribution in [3.05, 3.63) is 65.2 Å². The maximum atomic E-state index is 14.4. The summed E-state index contributed by atoms with van der Waals surface area (Å²) < 4.78 is 62.2. The molecule has 33 heavy (non-hydrogen) atoms. The number of amides is 1. The molecule has 1 heterocycles. The van der Waals surface area contributed by atoms with E-state index in [9.17, 15) is 27.5 Å². The lowest BCUT2D eigenvalue weighted by Crippen LogP contribution is -2.60. The van der Waals surface area contributed by atoms with E-state index in [1.807, 2.05) is 0 Å². The molecule has 3 aromatic rings. The molecular formula is C23H21F4N3O3. The number of hydrogen-bond acceptors (Lipinski definition) is 5. The topological polar surface area (TPSA) is 84.3 Å². The molecule has 1 amide bonds. The highest BCUT2D eigenvalue weighted by Gasteiger charge is 2.64. The first kappa shape index (κ1) is 22.9. The van der Waals surface area contributed by atoms with Crippen LogP contribution in [0.3, 0.4) is 0 Å². The Morgan fingerprint density at radius 3 is 2.45 bits per heavy atom. The average molecular weight is 463 g/mol. The van der Waals surface area contributed by atoms with Gasteiger partial charge in [0.15, 0.2) is 17.2 Å². The van der Waals surface area contributed by atoms with Crippen molar-refractivity contribution in [2.75, 3.05) is 7.11 Å². The van der Waals surface area contributed by atoms with Crippen LogP contribution in [0.5, 0.6) is 5.75 Å². The van der Waals surface area contributed by atoms with Crippen LogP contribution >= 0.6 is 0 Å². The zero-order valence-electron chi connectivity index (χ0n) is 18.0. The summed E-state index contributed by atoms with van der Waals surface area (Å²) in [5.41, 5.74) is -3.61. The van der Waals surface area contributed by atoms with Gasteiger partial charge in [0, 0.05) is 23.5 Å². The fourth-order valence-corrected chi connectivity index (χ4v) is 4.61. The second-order valence-corrected chi connectivity index (χ2v) is 8.69. The number of ether oxygens (including phenoxy) is 1. The van der Waals surface area contributed by atoms with Gasteiger partial charge in [0.1, 0.15) is 0 Å². The van der Waals surface area contributed by atoms with E-state index in [0.29, 0.717) is 11.0 Å². The van der Waals surface area contributed by atoms with Gasteiger partial charge in [0.25, 0.3) is 5.91 Å². The van der Waals surface area contributed by atoms with Crippen molar-refractivity contribution in [2.24, 2.45) is 0 Å². The Bertz CT molecular complexity index is 1250. The van der Waals surface area contributed by atoms with Gasteiger partial charge in [0.2, 0.25) is 0 Å². The predicted molar refractivity (Wildman–Crippen MR) is 111 cm³/mol. The van der Waals surface area contributed by atoms with E-state index in [1.54, 1.807) is 0 Å². The molecule has 2 aromatic carbocycles. The Hall–Kier alpha value is -3.27. The van der Waals surface area contributed by atoms with Crippen molar-refractivity contribution >= 4 is 16.9 Å². The van der Waals surface area contributed by atoms with Gasteiger partial charge >= 0.3 is 6.18 Å². The van der Waals surface area contributed by atoms with Crippen LogP contribution in [0.15, 0.2) is 42.7 Å². The number of methoxy groups -OCH3 is 1. The Kier molecular flexibility index (Phi) is 5.31. The van der Waals surface area contributed by atoms with Crippen LogP contribution in [0, 0.1) is 5.82 Å². The fourth-order valence-electron chi connectivity index (χ4n) is 4.61. The largest absolute Gasteiger partial charge is 0.493 e. The third-order valence-corrected chi connectivity index (χ3v) is 6.02. The predicted octanol–water partition coefficient (Wildman–Crippen LogP) is 4.22. The van der Waals surface area contributed by atoms with Crippen molar-refractivity contribution < 1.29 is 32.2 Å². The number of hydrogen-bond donors (Lipinski definition) is 2. The van der Waals surface area contributed by atoms with Gasteiger partial charge < -0.3 is 15.2 Å². The maximum absolute atomic E-state index is 14.4. The number of carbonyl (C=O) groups excluding carboxylic acids is 1. The standard InChI is InChI=1S/C23H21F4N3O3/c1-21(2)11-22(32,23(25,26)27)19(13-5-6-14(24)18(33-3)17(13)21)30-20(31)12-4-7-15-16(10-12)29-9-8-28-15/h4-10,19,32H,11H2,1-3H3,(H,30,31)/t19-,22-/m1/s1. The molecule has 0 aliphatic heterocycles. The summed E-state index contributed by atoms with van der Waals surface area (Å²) in [5.74, 6) is -1.83. The van der Waals surface area contributed by atoms with Crippen molar-refractivity contribution in [1.29, 1.82) is 0 Å². The van der Waals surface area contributed by atoms with Gasteiger partial charge in [-0.1, -0.05) is 19.9 Å². The van der Waals surface area contributed by atoms with E-state index in [1.165, 1.54) is 51.6 Å². The smallest absolute Gasteiger partial charge is 0.419 e. The Morgan fingerprint density at radius 2 is 1.82 bits per heavy atom. The summed E-state index contributed by atoms with van der Waals surface area (Å²) in [4.78, 5) is 21.2. The molecule has 0 spiro atoms. The van der Waals surface area contributed by atoms with Crippen molar-refractivity contribution in [3.8, 4) is 5.75 Å². The number of alkyl halides is 3. The van der Waals surface area contributed by atoms with E-state index < -0.39 is 41.4 Å². The van der Waals surface area contributed by atoms with Crippen LogP contribution in [0.25, 0.3) is 11.0 Å². The number of halogens is 4. The third kappa shape index (κ3) is 3.68. The quantitative estimate of drug-likeness (QED) is 0.569. The Morgan fingerprint density at radius 1 is 1.15 bits per heavy atom. The molecule has 4 rings (SSSR count). The molecule has 0 saturated heterocycles. The molecule has 2 N–H and O–H groups in total. The summed E-state index contributed by atoms with van der Waals surface area (Å²) >= 11 is 0. The van der Waals surface area contributed by atoms with E-state index in [0.717, 1.165) is 12.1 Å². The number of fused-ring (bicyclic) bond motifs is 2. The van der Waals surface area contributed by atoms with Gasteiger partial charge in [-0.3, -0.25) is 14.8 Å². The first-order valence-electron chi connectivity index (χ1n) is 10.1. The number of rotatable bonds is 3. The highest BCUT2D eigenvalue weighted by atomic mass is 19.4. The van der Waals surface area contributed by atoms with Crippen LogP contribution in [0.4, 0.5) is 17.6 Å². The van der Waals surface area contributed by atoms with Crippen LogP contribution in [-0.4, -0.2) is 39.9 Å². The highest BCUT2D eigenvalue weighted by Crippen LogP contribution is 2.55. The summed E-state index contributed by atoms with van der Waals surface area (Å²) in [7, 11) is 1.21. The minimum atomic E-state index is -5.09. The van der Waals surface area contributed by atoms with E-state index in [4.69, 9.17) is 4.74 Å². The zero-order chi connectivity index (χ0) is 24.2. The van der Waals surface area contributed by atoms with Crippen LogP contribution < -0.4 is 10.1 Å². The lowest BCUT2D eigenvalue weighted by atomic mass is 9.63. The van der Waals surface area contributed by atoms with E-state index >= 15 is 0 Å². The molecule has 2 atom stereocenters. The summed E-state index contributed by atoms with van der Waals surface area (Å²) in [6.45, 7) is 2.93. The normalized spacial score (nSPS) is 22.0. The Labute approximate surface area is 186 Å². The van der Waals surface area contributed by atoms with Gasteiger partial charge in [-0.25, -0.2) is 4.39 Å². The van der Waals surface area contributed by atoms with Gasteiger partial charge in [-0.05, 0) is 41.7 Å². The molecule has 0 saturated carbocycles. The lowest BCUT2D eigenvalue weighted by molar-refractivity contribution is -0.280. The zero-order valence-corrected chi connectivity index (χ0v) is 18.0. The molecule has 0 fully saturated rings. The molecule has 1 aliphatic carbocycles. The molecule has 10 heteroatoms. The van der Waals surface area contributed by atoms with Crippen molar-refractivity contribution in [1.82, 2.24) is 15.3 Å². The van der Waals surface area contributed by atoms with Gasteiger partial charge in [-0.2, -0.15) is 13.2 Å². The molecule has 0 bridgehead atoms. The summed E-state index contributed by atoms with van der Waals surface area (Å²) in [6, 6.07) is 4.51. The highest BCUT2D eigenvalue weighted by molar-refractivity contribution is 5.97. The molecule has 1 aromatic heterocycles. The number of aromatic nitrogens is 2. The second kappa shape index (κ2) is 7.65. The SMILES string of the molecule is COc1c(F)ccc2c1C(C)(C)C[C@](O)(C(F)(F)F)[C@@H]2NC(=O)c1ccc2nccnc2c1. The first-order valence-corrected chi connectivity index (χ1v) is 10.1. The second-order valence-electron chi connectivity index (χ2n) is 8.69. The van der Waals surface area contributed by atoms with E-state index in [-0.39, 0.29) is 22.4 Å². The van der Waals surface area contributed by atoms with Crippen LogP contribution in [0.1, 0.15) is 47.8 Å². The van der Waals surface area contributed by atoms with Gasteiger partial charge in [-0.15, -0.1) is 0 Å². The molecule has 0 radical (unpaired) electrons. The first-order chi connectivity index (χ1) is 15.4.